The lowest BCUT2D eigenvalue weighted by atomic mass is 9.84. The number of piperazine rings is 1. The predicted molar refractivity (Wildman–Crippen MR) is 95.0 cm³/mol. The lowest BCUT2D eigenvalue weighted by molar-refractivity contribution is -0.113. The van der Waals surface area contributed by atoms with E-state index in [1.54, 1.807) is 4.90 Å². The van der Waals surface area contributed by atoms with Crippen LogP contribution in [0.2, 0.25) is 0 Å². The topological polar surface area (TPSA) is 49.9 Å². The molecule has 1 saturated heterocycles. The van der Waals surface area contributed by atoms with E-state index in [0.717, 1.165) is 32.2 Å². The maximum Gasteiger partial charge on any atom is 0.410 e. The number of nitrogens with zero attached hydrogens (tertiary/aromatic N) is 2. The molecule has 5 heteroatoms. The molecule has 0 aromatic carbocycles. The van der Waals surface area contributed by atoms with Gasteiger partial charge in [-0.05, 0) is 32.6 Å². The van der Waals surface area contributed by atoms with Gasteiger partial charge in [-0.3, -0.25) is 4.90 Å². The molecule has 0 aromatic heterocycles. The molecule has 1 amide bonds. The normalized spacial score (nSPS) is 22.2. The maximum absolute atomic E-state index is 12.3. The highest BCUT2D eigenvalue weighted by Gasteiger charge is 2.30. The Morgan fingerprint density at radius 3 is 2.33 bits per heavy atom. The van der Waals surface area contributed by atoms with E-state index in [4.69, 9.17) is 4.74 Å². The van der Waals surface area contributed by atoms with Gasteiger partial charge in [-0.1, -0.05) is 39.0 Å². The second-order valence-corrected chi connectivity index (χ2v) is 7.95. The molecule has 1 atom stereocenters. The molecular formula is C19H34N2O3. The van der Waals surface area contributed by atoms with E-state index in [1.165, 1.54) is 32.1 Å². The van der Waals surface area contributed by atoms with E-state index in [0.29, 0.717) is 19.0 Å². The largest absolute Gasteiger partial charge is 0.443 e. The van der Waals surface area contributed by atoms with E-state index < -0.39 is 5.60 Å². The molecule has 0 N–H and O–H groups in total. The first-order chi connectivity index (χ1) is 11.4. The SMILES string of the molecule is CCC(C)(C)OC(=O)N1CCN(C(C=O)CC2CCCCC2)CC1. The number of aldehydes is 1. The van der Waals surface area contributed by atoms with Crippen LogP contribution < -0.4 is 0 Å². The first kappa shape index (κ1) is 19.2. The van der Waals surface area contributed by atoms with Gasteiger partial charge in [0.05, 0.1) is 6.04 Å². The van der Waals surface area contributed by atoms with Crippen molar-refractivity contribution in [2.75, 3.05) is 26.2 Å². The third-order valence-electron chi connectivity index (χ3n) is 5.71. The van der Waals surface area contributed by atoms with Crippen molar-refractivity contribution in [2.45, 2.75) is 77.4 Å². The predicted octanol–water partition coefficient (Wildman–Crippen LogP) is 3.47. The van der Waals surface area contributed by atoms with Crippen LogP contribution in [-0.2, 0) is 9.53 Å². The van der Waals surface area contributed by atoms with E-state index in [-0.39, 0.29) is 12.1 Å². The molecule has 1 saturated carbocycles. The average Bonchev–Trinajstić information content (AvgIpc) is 2.60. The zero-order valence-electron chi connectivity index (χ0n) is 15.6. The van der Waals surface area contributed by atoms with E-state index in [2.05, 4.69) is 4.90 Å². The third kappa shape index (κ3) is 5.47. The lowest BCUT2D eigenvalue weighted by Gasteiger charge is -2.39. The zero-order valence-corrected chi connectivity index (χ0v) is 15.6. The summed E-state index contributed by atoms with van der Waals surface area (Å²) in [7, 11) is 0. The lowest BCUT2D eigenvalue weighted by Crippen LogP contribution is -2.53. The summed E-state index contributed by atoms with van der Waals surface area (Å²) in [6.45, 7) is 8.71. The van der Waals surface area contributed by atoms with Crippen LogP contribution in [0.3, 0.4) is 0 Å². The number of rotatable bonds is 6. The average molecular weight is 338 g/mol. The molecule has 138 valence electrons. The summed E-state index contributed by atoms with van der Waals surface area (Å²) >= 11 is 0. The molecule has 1 unspecified atom stereocenters. The fourth-order valence-corrected chi connectivity index (χ4v) is 3.66. The van der Waals surface area contributed by atoms with Crippen LogP contribution in [0.15, 0.2) is 0 Å². The quantitative estimate of drug-likeness (QED) is 0.696. The molecule has 2 fully saturated rings. The van der Waals surface area contributed by atoms with Gasteiger partial charge in [0, 0.05) is 26.2 Å². The number of carbonyl (C=O) groups is 2. The number of hydrogen-bond acceptors (Lipinski definition) is 4. The summed E-state index contributed by atoms with van der Waals surface area (Å²) in [4.78, 5) is 27.8. The van der Waals surface area contributed by atoms with Crippen LogP contribution >= 0.6 is 0 Å². The Bertz CT molecular complexity index is 411. The van der Waals surface area contributed by atoms with Gasteiger partial charge in [0.25, 0.3) is 0 Å². The summed E-state index contributed by atoms with van der Waals surface area (Å²) in [5.74, 6) is 0.697. The summed E-state index contributed by atoms with van der Waals surface area (Å²) in [6, 6.07) is 0.0124. The molecule has 0 spiro atoms. The summed E-state index contributed by atoms with van der Waals surface area (Å²) in [5.41, 5.74) is -0.416. The molecule has 0 aromatic rings. The monoisotopic (exact) mass is 338 g/mol. The zero-order chi connectivity index (χ0) is 17.6. The van der Waals surface area contributed by atoms with Gasteiger partial charge in [-0.25, -0.2) is 4.79 Å². The third-order valence-corrected chi connectivity index (χ3v) is 5.71. The molecule has 1 heterocycles. The van der Waals surface area contributed by atoms with Gasteiger partial charge in [0.2, 0.25) is 0 Å². The Morgan fingerprint density at radius 1 is 1.17 bits per heavy atom. The Balaban J connectivity index is 1.79. The molecule has 0 bridgehead atoms. The number of carbonyl (C=O) groups excluding carboxylic acids is 2. The summed E-state index contributed by atoms with van der Waals surface area (Å²) in [5, 5.41) is 0. The summed E-state index contributed by atoms with van der Waals surface area (Å²) < 4.78 is 5.57. The van der Waals surface area contributed by atoms with E-state index in [9.17, 15) is 9.59 Å². The van der Waals surface area contributed by atoms with Gasteiger partial charge in [-0.2, -0.15) is 0 Å². The van der Waals surface area contributed by atoms with Crippen molar-refractivity contribution in [1.29, 1.82) is 0 Å². The number of amides is 1. The second-order valence-electron chi connectivity index (χ2n) is 7.95. The van der Waals surface area contributed by atoms with Crippen LogP contribution in [0.5, 0.6) is 0 Å². The Kier molecular flexibility index (Phi) is 7.08. The van der Waals surface area contributed by atoms with Gasteiger partial charge < -0.3 is 14.4 Å². The Morgan fingerprint density at radius 2 is 1.79 bits per heavy atom. The van der Waals surface area contributed by atoms with Crippen LogP contribution in [0.1, 0.15) is 65.7 Å². The Hall–Kier alpha value is -1.10. The highest BCUT2D eigenvalue weighted by Crippen LogP contribution is 2.28. The highest BCUT2D eigenvalue weighted by molar-refractivity contribution is 5.68. The summed E-state index contributed by atoms with van der Waals surface area (Å²) in [6.07, 6.45) is 9.17. The molecule has 2 rings (SSSR count). The molecule has 2 aliphatic rings. The van der Waals surface area contributed by atoms with Crippen molar-refractivity contribution in [3.05, 3.63) is 0 Å². The minimum absolute atomic E-state index is 0.0124. The Labute approximate surface area is 146 Å². The maximum atomic E-state index is 12.3. The minimum atomic E-state index is -0.416. The van der Waals surface area contributed by atoms with Crippen LogP contribution in [-0.4, -0.2) is 60.0 Å². The van der Waals surface area contributed by atoms with Crippen molar-refractivity contribution in [3.63, 3.8) is 0 Å². The van der Waals surface area contributed by atoms with Crippen LogP contribution in [0.4, 0.5) is 4.79 Å². The first-order valence-electron chi connectivity index (χ1n) is 9.62. The highest BCUT2D eigenvalue weighted by atomic mass is 16.6. The molecular weight excluding hydrogens is 304 g/mol. The van der Waals surface area contributed by atoms with Crippen molar-refractivity contribution >= 4 is 12.4 Å². The van der Waals surface area contributed by atoms with Gasteiger partial charge in [0.15, 0.2) is 0 Å². The van der Waals surface area contributed by atoms with Crippen LogP contribution in [0, 0.1) is 5.92 Å². The van der Waals surface area contributed by atoms with Crippen molar-refractivity contribution in [3.8, 4) is 0 Å². The molecule has 0 radical (unpaired) electrons. The van der Waals surface area contributed by atoms with Gasteiger partial charge >= 0.3 is 6.09 Å². The van der Waals surface area contributed by atoms with Crippen molar-refractivity contribution < 1.29 is 14.3 Å². The van der Waals surface area contributed by atoms with Gasteiger partial charge in [0.1, 0.15) is 11.9 Å². The number of hydrogen-bond donors (Lipinski definition) is 0. The minimum Gasteiger partial charge on any atom is -0.443 e. The molecule has 1 aliphatic carbocycles. The van der Waals surface area contributed by atoms with E-state index in [1.807, 2.05) is 20.8 Å². The van der Waals surface area contributed by atoms with Crippen LogP contribution in [0.25, 0.3) is 0 Å². The smallest absolute Gasteiger partial charge is 0.410 e. The standard InChI is InChI=1S/C19H34N2O3/c1-4-19(2,3)24-18(23)21-12-10-20(11-13-21)17(15-22)14-16-8-6-5-7-9-16/h15-17H,4-14H2,1-3H3. The fraction of sp³-hybridized carbons (Fsp3) is 0.895. The molecule has 24 heavy (non-hydrogen) atoms. The number of ether oxygens (including phenoxy) is 1. The van der Waals surface area contributed by atoms with Crippen molar-refractivity contribution in [1.82, 2.24) is 9.80 Å². The van der Waals surface area contributed by atoms with Crippen molar-refractivity contribution in [2.24, 2.45) is 5.92 Å². The molecule has 1 aliphatic heterocycles. The van der Waals surface area contributed by atoms with E-state index >= 15 is 0 Å². The van der Waals surface area contributed by atoms with Gasteiger partial charge in [-0.15, -0.1) is 0 Å². The fourth-order valence-electron chi connectivity index (χ4n) is 3.66. The molecule has 5 nitrogen and oxygen atoms in total. The second kappa shape index (κ2) is 8.84. The first-order valence-corrected chi connectivity index (χ1v) is 9.62.